The van der Waals surface area contributed by atoms with Crippen LogP contribution in [0.25, 0.3) is 6.08 Å². The Morgan fingerprint density at radius 3 is 3.00 bits per heavy atom. The first kappa shape index (κ1) is 11.4. The van der Waals surface area contributed by atoms with Crippen LogP contribution >= 0.6 is 27.5 Å². The van der Waals surface area contributed by atoms with Crippen LogP contribution < -0.4 is 0 Å². The quantitative estimate of drug-likeness (QED) is 0.478. The van der Waals surface area contributed by atoms with Crippen LogP contribution in [0.4, 0.5) is 0 Å². The molecule has 0 N–H and O–H groups in total. The van der Waals surface area contributed by atoms with E-state index in [4.69, 9.17) is 11.6 Å². The van der Waals surface area contributed by atoms with E-state index in [0.29, 0.717) is 11.3 Å². The van der Waals surface area contributed by atoms with E-state index in [1.54, 1.807) is 6.08 Å². The summed E-state index contributed by atoms with van der Waals surface area (Å²) in [5, 5.41) is 3.59. The van der Waals surface area contributed by atoms with Crippen LogP contribution in [0.2, 0.25) is 0 Å². The summed E-state index contributed by atoms with van der Waals surface area (Å²) in [5.41, 5.74) is 1.76. The van der Waals surface area contributed by atoms with Gasteiger partial charge in [-0.2, -0.15) is 0 Å². The molecule has 0 spiro atoms. The van der Waals surface area contributed by atoms with Crippen molar-refractivity contribution in [1.29, 1.82) is 0 Å². The zero-order valence-corrected chi connectivity index (χ0v) is 10.5. The summed E-state index contributed by atoms with van der Waals surface area (Å²) in [6.07, 6.45) is 1.71. The van der Waals surface area contributed by atoms with Gasteiger partial charge < -0.3 is 4.84 Å². The molecule has 1 aliphatic rings. The highest BCUT2D eigenvalue weighted by atomic mass is 79.9. The van der Waals surface area contributed by atoms with Crippen LogP contribution in [0.15, 0.2) is 39.5 Å². The topological polar surface area (TPSA) is 38.7 Å². The van der Waals surface area contributed by atoms with Crippen LogP contribution in [0.5, 0.6) is 0 Å². The maximum Gasteiger partial charge on any atom is 0.367 e. The molecule has 1 heterocycles. The summed E-state index contributed by atoms with van der Waals surface area (Å²) in [4.78, 5) is 15.9. The third-order valence-corrected chi connectivity index (χ3v) is 2.80. The summed E-state index contributed by atoms with van der Waals surface area (Å²) >= 11 is 9.01. The van der Waals surface area contributed by atoms with E-state index in [0.717, 1.165) is 10.0 Å². The Morgan fingerprint density at radius 1 is 1.50 bits per heavy atom. The van der Waals surface area contributed by atoms with Gasteiger partial charge in [0.25, 0.3) is 0 Å². The van der Waals surface area contributed by atoms with Crippen molar-refractivity contribution in [2.24, 2.45) is 5.16 Å². The molecule has 82 valence electrons. The Bertz CT molecular complexity index is 497. The first-order chi connectivity index (χ1) is 7.70. The largest absolute Gasteiger partial charge is 0.367 e. The van der Waals surface area contributed by atoms with Gasteiger partial charge in [0.1, 0.15) is 5.71 Å². The molecule has 0 aromatic heterocycles. The number of alkyl halides is 1. The molecule has 1 aromatic carbocycles. The lowest BCUT2D eigenvalue weighted by Crippen LogP contribution is -2.06. The van der Waals surface area contributed by atoms with Crippen LogP contribution in [0.3, 0.4) is 0 Å². The lowest BCUT2D eigenvalue weighted by molar-refractivity contribution is -0.136. The fourth-order valence-corrected chi connectivity index (χ4v) is 1.92. The van der Waals surface area contributed by atoms with Gasteiger partial charge in [0.05, 0.1) is 11.5 Å². The number of hydrogen-bond acceptors (Lipinski definition) is 3. The van der Waals surface area contributed by atoms with Crippen LogP contribution in [0.1, 0.15) is 5.56 Å². The van der Waals surface area contributed by atoms with Crippen molar-refractivity contribution in [1.82, 2.24) is 0 Å². The van der Waals surface area contributed by atoms with Crippen molar-refractivity contribution in [2.75, 3.05) is 5.88 Å². The molecule has 1 aromatic rings. The van der Waals surface area contributed by atoms with Gasteiger partial charge in [0.15, 0.2) is 0 Å². The van der Waals surface area contributed by atoms with Gasteiger partial charge in [0.2, 0.25) is 0 Å². The Balaban J connectivity index is 2.37. The van der Waals surface area contributed by atoms with E-state index in [-0.39, 0.29) is 5.88 Å². The molecule has 0 amide bonds. The standard InChI is InChI=1S/C11H7BrClNO2/c12-8-3-1-2-7(4-8)5-9-10(6-13)14-16-11(9)15/h1-5H,6H2/b9-5+. The number of rotatable bonds is 2. The van der Waals surface area contributed by atoms with Crippen molar-refractivity contribution in [3.8, 4) is 0 Å². The highest BCUT2D eigenvalue weighted by molar-refractivity contribution is 9.10. The van der Waals surface area contributed by atoms with Crippen LogP contribution in [-0.2, 0) is 9.63 Å². The van der Waals surface area contributed by atoms with Gasteiger partial charge in [-0.15, -0.1) is 11.6 Å². The summed E-state index contributed by atoms with van der Waals surface area (Å²) in [6, 6.07) is 7.57. The predicted octanol–water partition coefficient (Wildman–Crippen LogP) is 2.98. The smallest absolute Gasteiger partial charge is 0.312 e. The first-order valence-corrected chi connectivity index (χ1v) is 5.85. The van der Waals surface area contributed by atoms with Gasteiger partial charge >= 0.3 is 5.97 Å². The third kappa shape index (κ3) is 2.33. The van der Waals surface area contributed by atoms with Crippen molar-refractivity contribution < 1.29 is 9.63 Å². The second kappa shape index (κ2) is 4.80. The zero-order chi connectivity index (χ0) is 11.5. The number of halogens is 2. The number of hydrogen-bond donors (Lipinski definition) is 0. The molecule has 2 rings (SSSR count). The average Bonchev–Trinajstić information content (AvgIpc) is 2.60. The van der Waals surface area contributed by atoms with Crippen LogP contribution in [0, 0.1) is 0 Å². The molecule has 0 atom stereocenters. The highest BCUT2D eigenvalue weighted by Gasteiger charge is 2.24. The Morgan fingerprint density at radius 2 is 2.31 bits per heavy atom. The van der Waals surface area contributed by atoms with E-state index in [9.17, 15) is 4.79 Å². The van der Waals surface area contributed by atoms with Crippen LogP contribution in [-0.4, -0.2) is 17.6 Å². The molecule has 3 nitrogen and oxygen atoms in total. The summed E-state index contributed by atoms with van der Waals surface area (Å²) < 4.78 is 0.942. The van der Waals surface area contributed by atoms with Gasteiger partial charge in [-0.25, -0.2) is 4.79 Å². The predicted molar refractivity (Wildman–Crippen MR) is 66.4 cm³/mol. The number of carbonyl (C=O) groups is 1. The number of carbonyl (C=O) groups excluding carboxylic acids is 1. The van der Waals surface area contributed by atoms with Gasteiger partial charge in [-0.3, -0.25) is 0 Å². The second-order valence-electron chi connectivity index (χ2n) is 3.16. The Kier molecular flexibility index (Phi) is 3.41. The molecular weight excluding hydrogens is 293 g/mol. The van der Waals surface area contributed by atoms with E-state index in [1.165, 1.54) is 0 Å². The van der Waals surface area contributed by atoms with Crippen molar-refractivity contribution in [2.45, 2.75) is 0 Å². The fourth-order valence-electron chi connectivity index (χ4n) is 1.31. The SMILES string of the molecule is O=C1ON=C(CCl)/C1=C\c1cccc(Br)c1. The third-order valence-electron chi connectivity index (χ3n) is 2.06. The van der Waals surface area contributed by atoms with E-state index in [1.807, 2.05) is 24.3 Å². The Hall–Kier alpha value is -1.13. The van der Waals surface area contributed by atoms with Gasteiger partial charge in [-0.05, 0) is 23.8 Å². The summed E-state index contributed by atoms with van der Waals surface area (Å²) in [5.74, 6) is -0.304. The highest BCUT2D eigenvalue weighted by Crippen LogP contribution is 2.19. The monoisotopic (exact) mass is 299 g/mol. The molecule has 0 saturated carbocycles. The Labute approximate surface area is 106 Å². The van der Waals surface area contributed by atoms with E-state index >= 15 is 0 Å². The molecule has 0 unspecified atom stereocenters. The van der Waals surface area contributed by atoms with E-state index in [2.05, 4.69) is 25.9 Å². The lowest BCUT2D eigenvalue weighted by Gasteiger charge is -1.97. The molecule has 0 fully saturated rings. The van der Waals surface area contributed by atoms with Gasteiger partial charge in [-0.1, -0.05) is 33.2 Å². The maximum absolute atomic E-state index is 11.4. The van der Waals surface area contributed by atoms with E-state index < -0.39 is 5.97 Å². The van der Waals surface area contributed by atoms with Crippen molar-refractivity contribution in [3.05, 3.63) is 39.9 Å². The second-order valence-corrected chi connectivity index (χ2v) is 4.35. The van der Waals surface area contributed by atoms with Crippen molar-refractivity contribution in [3.63, 3.8) is 0 Å². The summed E-state index contributed by atoms with van der Waals surface area (Å²) in [6.45, 7) is 0. The average molecular weight is 301 g/mol. The molecule has 0 saturated heterocycles. The lowest BCUT2D eigenvalue weighted by atomic mass is 10.1. The van der Waals surface area contributed by atoms with Crippen molar-refractivity contribution >= 4 is 45.3 Å². The molecule has 16 heavy (non-hydrogen) atoms. The number of benzene rings is 1. The molecule has 0 bridgehead atoms. The molecule has 0 aliphatic carbocycles. The maximum atomic E-state index is 11.4. The minimum Gasteiger partial charge on any atom is -0.312 e. The molecule has 0 radical (unpaired) electrons. The molecule has 5 heteroatoms. The summed E-state index contributed by atoms with van der Waals surface area (Å²) in [7, 11) is 0. The molecular formula is C11H7BrClNO2. The number of oxime groups is 1. The first-order valence-electron chi connectivity index (χ1n) is 4.52. The minimum atomic E-state index is -0.462. The number of nitrogens with zero attached hydrogens (tertiary/aromatic N) is 1. The van der Waals surface area contributed by atoms with Gasteiger partial charge in [0, 0.05) is 4.47 Å². The molecule has 1 aliphatic heterocycles. The zero-order valence-electron chi connectivity index (χ0n) is 8.11. The normalized spacial score (nSPS) is 17.5. The minimum absolute atomic E-state index is 0.158. The fraction of sp³-hybridized carbons (Fsp3) is 0.0909.